The number of likely N-dealkylation sites (N-methyl/N-ethyl adjacent to an activating group) is 1. The zero-order valence-corrected chi connectivity index (χ0v) is 18.6. The van der Waals surface area contributed by atoms with Crippen molar-refractivity contribution in [3.8, 4) is 11.5 Å². The molecule has 148 valence electrons. The van der Waals surface area contributed by atoms with Crippen LogP contribution in [0.5, 0.6) is 11.5 Å². The number of methoxy groups -OCH3 is 2. The number of rotatable bonds is 7. The molecule has 3 rings (SSSR count). The van der Waals surface area contributed by atoms with Crippen molar-refractivity contribution < 1.29 is 14.3 Å². The van der Waals surface area contributed by atoms with Crippen LogP contribution in [0.4, 0.5) is 5.13 Å². The fourth-order valence-corrected chi connectivity index (χ4v) is 4.21. The van der Waals surface area contributed by atoms with E-state index in [1.54, 1.807) is 37.3 Å². The van der Waals surface area contributed by atoms with E-state index in [0.717, 1.165) is 14.7 Å². The summed E-state index contributed by atoms with van der Waals surface area (Å²) in [5.41, 5.74) is 1.37. The third-order valence-electron chi connectivity index (χ3n) is 4.18. The maximum absolute atomic E-state index is 13.4. The smallest absolute Gasteiger partial charge is 0.260 e. The quantitative estimate of drug-likeness (QED) is 0.523. The van der Waals surface area contributed by atoms with Crippen molar-refractivity contribution >= 4 is 48.5 Å². The highest BCUT2D eigenvalue weighted by molar-refractivity contribution is 9.10. The predicted octanol–water partition coefficient (Wildman–Crippen LogP) is 4.28. The monoisotopic (exact) mass is 463 g/mol. The molecule has 1 heterocycles. The summed E-state index contributed by atoms with van der Waals surface area (Å²) in [4.78, 5) is 21.8. The highest BCUT2D eigenvalue weighted by Gasteiger charge is 2.22. The van der Waals surface area contributed by atoms with Crippen LogP contribution >= 0.6 is 27.3 Å². The molecule has 0 saturated carbocycles. The van der Waals surface area contributed by atoms with Gasteiger partial charge in [-0.05, 0) is 44.4 Å². The minimum atomic E-state index is -0.142. The average Bonchev–Trinajstić information content (AvgIpc) is 3.09. The second-order valence-corrected chi connectivity index (χ2v) is 8.39. The molecule has 2 aromatic carbocycles. The van der Waals surface area contributed by atoms with E-state index in [9.17, 15) is 4.79 Å². The van der Waals surface area contributed by atoms with Gasteiger partial charge < -0.3 is 14.4 Å². The molecule has 0 spiro atoms. The van der Waals surface area contributed by atoms with E-state index < -0.39 is 0 Å². The van der Waals surface area contributed by atoms with E-state index in [1.807, 2.05) is 37.2 Å². The number of ether oxygens (including phenoxy) is 2. The Hall–Kier alpha value is -2.16. The molecule has 3 aromatic rings. The first kappa shape index (κ1) is 20.6. The Labute approximate surface area is 176 Å². The average molecular weight is 464 g/mol. The van der Waals surface area contributed by atoms with Gasteiger partial charge in [0.05, 0.1) is 24.4 Å². The zero-order chi connectivity index (χ0) is 20.3. The lowest BCUT2D eigenvalue weighted by Gasteiger charge is -2.22. The first-order chi connectivity index (χ1) is 13.4. The summed E-state index contributed by atoms with van der Waals surface area (Å²) in [6.45, 7) is 1.23. The van der Waals surface area contributed by atoms with Crippen LogP contribution in [0.2, 0.25) is 0 Å². The lowest BCUT2D eigenvalue weighted by atomic mass is 10.1. The van der Waals surface area contributed by atoms with E-state index in [0.29, 0.717) is 35.3 Å². The molecule has 1 aromatic heterocycles. The van der Waals surface area contributed by atoms with Crippen molar-refractivity contribution in [2.75, 3.05) is 46.3 Å². The molecule has 0 unspecified atom stereocenters. The van der Waals surface area contributed by atoms with Gasteiger partial charge in [-0.25, -0.2) is 4.98 Å². The number of hydrogen-bond donors (Lipinski definition) is 0. The van der Waals surface area contributed by atoms with Gasteiger partial charge in [-0.3, -0.25) is 9.69 Å². The molecule has 0 radical (unpaired) electrons. The first-order valence-electron chi connectivity index (χ1n) is 8.67. The number of anilines is 1. The second-order valence-electron chi connectivity index (χ2n) is 6.47. The molecule has 0 N–H and O–H groups in total. The number of aromatic nitrogens is 1. The summed E-state index contributed by atoms with van der Waals surface area (Å²) in [6, 6.07) is 11.1. The number of halogens is 1. The molecule has 0 aliphatic carbocycles. The zero-order valence-electron chi connectivity index (χ0n) is 16.2. The Morgan fingerprint density at radius 2 is 1.75 bits per heavy atom. The maximum Gasteiger partial charge on any atom is 0.260 e. The number of carbonyl (C=O) groups is 1. The number of fused-ring (bicyclic) bond motifs is 1. The Morgan fingerprint density at radius 3 is 2.36 bits per heavy atom. The van der Waals surface area contributed by atoms with Crippen LogP contribution < -0.4 is 14.4 Å². The van der Waals surface area contributed by atoms with Gasteiger partial charge in [-0.15, -0.1) is 0 Å². The summed E-state index contributed by atoms with van der Waals surface area (Å²) >= 11 is 4.99. The van der Waals surface area contributed by atoms with E-state index in [2.05, 4.69) is 20.9 Å². The SMILES string of the molecule is COc1cc(OC)cc(C(=O)N(CCN(C)C)c2nc3ccc(Br)cc3s2)c1. The Balaban J connectivity index is 2.02. The van der Waals surface area contributed by atoms with Crippen molar-refractivity contribution in [1.29, 1.82) is 0 Å². The van der Waals surface area contributed by atoms with Gasteiger partial charge in [-0.1, -0.05) is 27.3 Å². The van der Waals surface area contributed by atoms with Crippen LogP contribution in [0.25, 0.3) is 10.2 Å². The summed E-state index contributed by atoms with van der Waals surface area (Å²) in [5, 5.41) is 0.668. The molecule has 0 fully saturated rings. The fourth-order valence-electron chi connectivity index (χ4n) is 2.67. The number of carbonyl (C=O) groups excluding carboxylic acids is 1. The Kier molecular flexibility index (Phi) is 6.53. The van der Waals surface area contributed by atoms with Crippen LogP contribution in [-0.4, -0.2) is 57.2 Å². The van der Waals surface area contributed by atoms with Gasteiger partial charge in [0.25, 0.3) is 5.91 Å². The van der Waals surface area contributed by atoms with E-state index in [-0.39, 0.29) is 5.91 Å². The number of thiazole rings is 1. The third-order valence-corrected chi connectivity index (χ3v) is 5.72. The molecule has 0 bridgehead atoms. The molecule has 1 amide bonds. The van der Waals surface area contributed by atoms with Crippen molar-refractivity contribution in [2.45, 2.75) is 0 Å². The fraction of sp³-hybridized carbons (Fsp3) is 0.300. The minimum Gasteiger partial charge on any atom is -0.497 e. The number of hydrogen-bond acceptors (Lipinski definition) is 6. The first-order valence-corrected chi connectivity index (χ1v) is 10.3. The van der Waals surface area contributed by atoms with Crippen LogP contribution in [0.3, 0.4) is 0 Å². The molecular weight excluding hydrogens is 442 g/mol. The molecule has 8 heteroatoms. The Morgan fingerprint density at radius 1 is 1.07 bits per heavy atom. The van der Waals surface area contributed by atoms with Crippen LogP contribution in [0.1, 0.15) is 10.4 Å². The lowest BCUT2D eigenvalue weighted by Crippen LogP contribution is -2.36. The molecule has 28 heavy (non-hydrogen) atoms. The number of nitrogens with zero attached hydrogens (tertiary/aromatic N) is 3. The predicted molar refractivity (Wildman–Crippen MR) is 117 cm³/mol. The summed E-state index contributed by atoms with van der Waals surface area (Å²) in [7, 11) is 7.09. The lowest BCUT2D eigenvalue weighted by molar-refractivity contribution is 0.0984. The van der Waals surface area contributed by atoms with Gasteiger partial charge in [0, 0.05) is 29.2 Å². The summed E-state index contributed by atoms with van der Waals surface area (Å²) in [6.07, 6.45) is 0. The van der Waals surface area contributed by atoms with Crippen LogP contribution in [0.15, 0.2) is 40.9 Å². The van der Waals surface area contributed by atoms with Crippen molar-refractivity contribution in [1.82, 2.24) is 9.88 Å². The van der Waals surface area contributed by atoms with Gasteiger partial charge in [0.15, 0.2) is 5.13 Å². The highest BCUT2D eigenvalue weighted by atomic mass is 79.9. The van der Waals surface area contributed by atoms with Gasteiger partial charge >= 0.3 is 0 Å². The van der Waals surface area contributed by atoms with Gasteiger partial charge in [0.2, 0.25) is 0 Å². The molecule has 0 aliphatic heterocycles. The number of amides is 1. The van der Waals surface area contributed by atoms with Crippen molar-refractivity contribution in [3.63, 3.8) is 0 Å². The Bertz CT molecular complexity index is 968. The highest BCUT2D eigenvalue weighted by Crippen LogP contribution is 2.32. The molecule has 0 atom stereocenters. The largest absolute Gasteiger partial charge is 0.497 e. The number of benzene rings is 2. The topological polar surface area (TPSA) is 54.9 Å². The standard InChI is InChI=1S/C20H22BrN3O3S/c1-23(2)7-8-24(20-22-17-6-5-14(21)11-18(17)28-20)19(25)13-9-15(26-3)12-16(10-13)27-4/h5-6,9-12H,7-8H2,1-4H3. The van der Waals surface area contributed by atoms with Crippen LogP contribution in [-0.2, 0) is 0 Å². The molecule has 0 saturated heterocycles. The van der Waals surface area contributed by atoms with E-state index in [1.165, 1.54) is 11.3 Å². The van der Waals surface area contributed by atoms with Gasteiger partial charge in [0.1, 0.15) is 11.5 Å². The maximum atomic E-state index is 13.4. The third kappa shape index (κ3) is 4.63. The van der Waals surface area contributed by atoms with Crippen molar-refractivity contribution in [3.05, 3.63) is 46.4 Å². The van der Waals surface area contributed by atoms with Crippen molar-refractivity contribution in [2.24, 2.45) is 0 Å². The van der Waals surface area contributed by atoms with Crippen LogP contribution in [0, 0.1) is 0 Å². The molecule has 0 aliphatic rings. The summed E-state index contributed by atoms with van der Waals surface area (Å²) in [5.74, 6) is 1.00. The van der Waals surface area contributed by atoms with E-state index >= 15 is 0 Å². The normalized spacial score (nSPS) is 11.1. The second kappa shape index (κ2) is 8.89. The van der Waals surface area contributed by atoms with E-state index in [4.69, 9.17) is 9.47 Å². The molecule has 6 nitrogen and oxygen atoms in total. The molecular formula is C20H22BrN3O3S. The van der Waals surface area contributed by atoms with Gasteiger partial charge in [-0.2, -0.15) is 0 Å². The minimum absolute atomic E-state index is 0.142. The summed E-state index contributed by atoms with van der Waals surface area (Å²) < 4.78 is 12.6.